The maximum atomic E-state index is 10.7. The first kappa shape index (κ1) is 15.9. The first-order valence-corrected chi connectivity index (χ1v) is 7.68. The van der Waals surface area contributed by atoms with Gasteiger partial charge in [-0.05, 0) is 48.7 Å². The number of ether oxygens (including phenoxy) is 1. The maximum Gasteiger partial charge on any atom is 0.335 e. The summed E-state index contributed by atoms with van der Waals surface area (Å²) < 4.78 is 5.52. The molecule has 0 bridgehead atoms. The van der Waals surface area contributed by atoms with Crippen molar-refractivity contribution in [2.75, 3.05) is 31.7 Å². The monoisotopic (exact) mass is 283 g/mol. The van der Waals surface area contributed by atoms with Crippen LogP contribution < -0.4 is 10.1 Å². The zero-order chi connectivity index (χ0) is 14.1. The molecule has 0 radical (unpaired) electrons. The molecule has 106 valence electrons. The lowest BCUT2D eigenvalue weighted by Gasteiger charge is -2.11. The van der Waals surface area contributed by atoms with Crippen molar-refractivity contribution < 1.29 is 14.6 Å². The lowest BCUT2D eigenvalue weighted by atomic mass is 10.2. The SMILES string of the molecule is CSCC(C)CNCCOc1ccc(C(=O)O)cc1. The predicted octanol–water partition coefficient (Wildman–Crippen LogP) is 2.35. The molecule has 0 aromatic heterocycles. The third-order valence-electron chi connectivity index (χ3n) is 2.59. The van der Waals surface area contributed by atoms with Gasteiger partial charge in [0.2, 0.25) is 0 Å². The van der Waals surface area contributed by atoms with Gasteiger partial charge >= 0.3 is 5.97 Å². The minimum Gasteiger partial charge on any atom is -0.492 e. The fraction of sp³-hybridized carbons (Fsp3) is 0.500. The molecule has 4 nitrogen and oxygen atoms in total. The fourth-order valence-electron chi connectivity index (χ4n) is 1.63. The molecule has 1 rings (SSSR count). The van der Waals surface area contributed by atoms with Gasteiger partial charge in [0, 0.05) is 6.54 Å². The van der Waals surface area contributed by atoms with Crippen LogP contribution in [0.3, 0.4) is 0 Å². The van der Waals surface area contributed by atoms with Crippen molar-refractivity contribution in [3.63, 3.8) is 0 Å². The molecule has 2 N–H and O–H groups in total. The lowest BCUT2D eigenvalue weighted by Crippen LogP contribution is -2.26. The second kappa shape index (κ2) is 8.82. The fourth-order valence-corrected chi connectivity index (χ4v) is 2.31. The number of carboxylic acid groups (broad SMARTS) is 1. The van der Waals surface area contributed by atoms with Gasteiger partial charge in [0.25, 0.3) is 0 Å². The van der Waals surface area contributed by atoms with Gasteiger partial charge in [0.15, 0.2) is 0 Å². The molecular formula is C14H21NO3S. The Hall–Kier alpha value is -1.20. The average molecular weight is 283 g/mol. The Kier molecular flexibility index (Phi) is 7.36. The van der Waals surface area contributed by atoms with Crippen molar-refractivity contribution >= 4 is 17.7 Å². The molecule has 1 atom stereocenters. The Morgan fingerprint density at radius 1 is 1.42 bits per heavy atom. The third-order valence-corrected chi connectivity index (χ3v) is 3.50. The largest absolute Gasteiger partial charge is 0.492 e. The van der Waals surface area contributed by atoms with Crippen molar-refractivity contribution in [1.82, 2.24) is 5.32 Å². The van der Waals surface area contributed by atoms with E-state index in [1.165, 1.54) is 0 Å². The number of carbonyl (C=O) groups is 1. The van der Waals surface area contributed by atoms with Gasteiger partial charge in [0.1, 0.15) is 12.4 Å². The molecule has 5 heteroatoms. The summed E-state index contributed by atoms with van der Waals surface area (Å²) >= 11 is 1.85. The molecule has 0 fully saturated rings. The van der Waals surface area contributed by atoms with Gasteiger partial charge < -0.3 is 15.2 Å². The lowest BCUT2D eigenvalue weighted by molar-refractivity contribution is 0.0697. The number of benzene rings is 1. The number of aromatic carboxylic acids is 1. The molecule has 0 aliphatic heterocycles. The molecule has 0 saturated carbocycles. The van der Waals surface area contributed by atoms with E-state index in [1.54, 1.807) is 24.3 Å². The molecule has 1 aromatic rings. The van der Waals surface area contributed by atoms with Crippen LogP contribution in [0.2, 0.25) is 0 Å². The van der Waals surface area contributed by atoms with E-state index in [2.05, 4.69) is 18.5 Å². The number of carboxylic acids is 1. The second-order valence-corrected chi connectivity index (χ2v) is 5.35. The summed E-state index contributed by atoms with van der Waals surface area (Å²) in [6.45, 7) is 4.58. The van der Waals surface area contributed by atoms with E-state index in [4.69, 9.17) is 9.84 Å². The number of nitrogens with one attached hydrogen (secondary N) is 1. The summed E-state index contributed by atoms with van der Waals surface area (Å²) in [6, 6.07) is 6.46. The molecule has 0 aliphatic rings. The van der Waals surface area contributed by atoms with Gasteiger partial charge in [-0.15, -0.1) is 0 Å². The van der Waals surface area contributed by atoms with E-state index < -0.39 is 5.97 Å². The highest BCUT2D eigenvalue weighted by Crippen LogP contribution is 2.11. The molecule has 19 heavy (non-hydrogen) atoms. The molecular weight excluding hydrogens is 262 g/mol. The summed E-state index contributed by atoms with van der Waals surface area (Å²) in [7, 11) is 0. The Labute approximate surface area is 118 Å². The van der Waals surface area contributed by atoms with Crippen LogP contribution in [0.1, 0.15) is 17.3 Å². The number of rotatable bonds is 9. The van der Waals surface area contributed by atoms with Crippen molar-refractivity contribution in [3.05, 3.63) is 29.8 Å². The first-order chi connectivity index (χ1) is 9.13. The average Bonchev–Trinajstić information content (AvgIpc) is 2.39. The topological polar surface area (TPSA) is 58.6 Å². The van der Waals surface area contributed by atoms with E-state index in [0.717, 1.165) is 18.8 Å². The van der Waals surface area contributed by atoms with Crippen LogP contribution in [-0.4, -0.2) is 42.8 Å². The van der Waals surface area contributed by atoms with Crippen LogP contribution in [0.25, 0.3) is 0 Å². The van der Waals surface area contributed by atoms with E-state index in [-0.39, 0.29) is 5.56 Å². The molecule has 0 heterocycles. The standard InChI is InChI=1S/C14H21NO3S/c1-11(10-19-2)9-15-7-8-18-13-5-3-12(4-6-13)14(16)17/h3-6,11,15H,7-10H2,1-2H3,(H,16,17). The molecule has 0 saturated heterocycles. The number of hydrogen-bond donors (Lipinski definition) is 2. The highest BCUT2D eigenvalue weighted by molar-refractivity contribution is 7.98. The molecule has 1 aromatic carbocycles. The molecule has 0 amide bonds. The normalized spacial score (nSPS) is 12.1. The van der Waals surface area contributed by atoms with Crippen molar-refractivity contribution in [3.8, 4) is 5.75 Å². The van der Waals surface area contributed by atoms with Crippen LogP contribution in [0.15, 0.2) is 24.3 Å². The Bertz CT molecular complexity index is 381. The van der Waals surface area contributed by atoms with Crippen LogP contribution in [0.5, 0.6) is 5.75 Å². The second-order valence-electron chi connectivity index (χ2n) is 4.44. The quantitative estimate of drug-likeness (QED) is 0.681. The minimum atomic E-state index is -0.920. The van der Waals surface area contributed by atoms with Gasteiger partial charge in [-0.2, -0.15) is 11.8 Å². The zero-order valence-electron chi connectivity index (χ0n) is 11.4. The van der Waals surface area contributed by atoms with Gasteiger partial charge in [0.05, 0.1) is 5.56 Å². The van der Waals surface area contributed by atoms with E-state index in [9.17, 15) is 4.79 Å². The zero-order valence-corrected chi connectivity index (χ0v) is 12.2. The summed E-state index contributed by atoms with van der Waals surface area (Å²) in [6.07, 6.45) is 2.11. The molecule has 0 aliphatic carbocycles. The maximum absolute atomic E-state index is 10.7. The molecule has 1 unspecified atom stereocenters. The van der Waals surface area contributed by atoms with E-state index in [1.807, 2.05) is 11.8 Å². The summed E-state index contributed by atoms with van der Waals surface area (Å²) in [5.74, 6) is 1.59. The first-order valence-electron chi connectivity index (χ1n) is 6.29. The van der Waals surface area contributed by atoms with Crippen LogP contribution in [-0.2, 0) is 0 Å². The number of hydrogen-bond acceptors (Lipinski definition) is 4. The predicted molar refractivity (Wildman–Crippen MR) is 79.3 cm³/mol. The third kappa shape index (κ3) is 6.50. The van der Waals surface area contributed by atoms with Crippen molar-refractivity contribution in [1.29, 1.82) is 0 Å². The van der Waals surface area contributed by atoms with Crippen LogP contribution in [0, 0.1) is 5.92 Å². The summed E-state index contributed by atoms with van der Waals surface area (Å²) in [5, 5.41) is 12.1. The van der Waals surface area contributed by atoms with Gasteiger partial charge in [-0.25, -0.2) is 4.79 Å². The molecule has 0 spiro atoms. The van der Waals surface area contributed by atoms with Crippen LogP contribution >= 0.6 is 11.8 Å². The van der Waals surface area contributed by atoms with Crippen molar-refractivity contribution in [2.24, 2.45) is 5.92 Å². The Morgan fingerprint density at radius 3 is 2.68 bits per heavy atom. The minimum absolute atomic E-state index is 0.274. The Balaban J connectivity index is 2.17. The highest BCUT2D eigenvalue weighted by atomic mass is 32.2. The Morgan fingerprint density at radius 2 is 2.11 bits per heavy atom. The highest BCUT2D eigenvalue weighted by Gasteiger charge is 2.02. The summed E-state index contributed by atoms with van der Waals surface area (Å²) in [5.41, 5.74) is 0.274. The van der Waals surface area contributed by atoms with Gasteiger partial charge in [-0.1, -0.05) is 6.92 Å². The van der Waals surface area contributed by atoms with Gasteiger partial charge in [-0.3, -0.25) is 0 Å². The van der Waals surface area contributed by atoms with E-state index >= 15 is 0 Å². The van der Waals surface area contributed by atoms with Crippen LogP contribution in [0.4, 0.5) is 0 Å². The smallest absolute Gasteiger partial charge is 0.335 e. The van der Waals surface area contributed by atoms with Crippen molar-refractivity contribution in [2.45, 2.75) is 6.92 Å². The summed E-state index contributed by atoms with van der Waals surface area (Å²) in [4.78, 5) is 10.7. The number of thioether (sulfide) groups is 1. The van der Waals surface area contributed by atoms with E-state index in [0.29, 0.717) is 18.3 Å².